The molecular formula is C11H16N2O2. The second-order valence-electron chi connectivity index (χ2n) is 5.32. The van der Waals surface area contributed by atoms with Crippen LogP contribution >= 0.6 is 0 Å². The lowest BCUT2D eigenvalue weighted by Gasteiger charge is -2.41. The highest BCUT2D eigenvalue weighted by atomic mass is 16.1. The van der Waals surface area contributed by atoms with Crippen molar-refractivity contribution < 1.29 is 9.59 Å². The lowest BCUT2D eigenvalue weighted by atomic mass is 9.67. The van der Waals surface area contributed by atoms with E-state index in [9.17, 15) is 9.59 Å². The third-order valence-corrected chi connectivity index (χ3v) is 2.87. The first-order chi connectivity index (χ1) is 6.91. The van der Waals surface area contributed by atoms with E-state index in [4.69, 9.17) is 0 Å². The van der Waals surface area contributed by atoms with Crippen molar-refractivity contribution in [1.82, 2.24) is 0 Å². The van der Waals surface area contributed by atoms with Gasteiger partial charge in [-0.3, -0.25) is 0 Å². The molecule has 0 saturated heterocycles. The minimum Gasteiger partial charge on any atom is -0.211 e. The fourth-order valence-electron chi connectivity index (χ4n) is 2.75. The monoisotopic (exact) mass is 208 g/mol. The van der Waals surface area contributed by atoms with Crippen LogP contribution in [-0.2, 0) is 9.59 Å². The smallest absolute Gasteiger partial charge is 0.211 e. The Morgan fingerprint density at radius 1 is 1.13 bits per heavy atom. The average Bonchev–Trinajstić information content (AvgIpc) is 1.99. The molecule has 4 heteroatoms. The van der Waals surface area contributed by atoms with Gasteiger partial charge in [-0.05, 0) is 31.6 Å². The molecule has 15 heavy (non-hydrogen) atoms. The van der Waals surface area contributed by atoms with Gasteiger partial charge in [0.25, 0.3) is 0 Å². The molecule has 1 rings (SSSR count). The molecule has 0 aromatic carbocycles. The van der Waals surface area contributed by atoms with Crippen LogP contribution < -0.4 is 0 Å². The van der Waals surface area contributed by atoms with Crippen molar-refractivity contribution in [1.29, 1.82) is 0 Å². The molecule has 0 aromatic heterocycles. The molecule has 0 heterocycles. The number of aliphatic imine (C=N–C) groups is 2. The van der Waals surface area contributed by atoms with E-state index in [1.807, 2.05) is 6.92 Å². The van der Waals surface area contributed by atoms with Gasteiger partial charge in [-0.25, -0.2) is 14.6 Å². The molecule has 1 saturated carbocycles. The first-order valence-corrected chi connectivity index (χ1v) is 5.07. The summed E-state index contributed by atoms with van der Waals surface area (Å²) in [4.78, 5) is 28.2. The molecule has 0 radical (unpaired) electrons. The molecule has 0 unspecified atom stereocenters. The summed E-state index contributed by atoms with van der Waals surface area (Å²) in [5.74, 6) is 0. The molecule has 0 aliphatic heterocycles. The van der Waals surface area contributed by atoms with Crippen LogP contribution in [0, 0.1) is 5.41 Å². The molecule has 1 fully saturated rings. The SMILES string of the molecule is CC1(C)C[C@H](N=C=O)C[C@](C)(N=C=O)C1. The Morgan fingerprint density at radius 3 is 2.33 bits per heavy atom. The molecule has 0 aromatic rings. The summed E-state index contributed by atoms with van der Waals surface area (Å²) in [6.07, 6.45) is 5.49. The maximum Gasteiger partial charge on any atom is 0.235 e. The summed E-state index contributed by atoms with van der Waals surface area (Å²) in [6.45, 7) is 6.10. The second-order valence-corrected chi connectivity index (χ2v) is 5.32. The van der Waals surface area contributed by atoms with Crippen molar-refractivity contribution in [3.05, 3.63) is 0 Å². The minimum atomic E-state index is -0.436. The van der Waals surface area contributed by atoms with E-state index < -0.39 is 5.54 Å². The molecule has 0 N–H and O–H groups in total. The van der Waals surface area contributed by atoms with Crippen molar-refractivity contribution in [2.75, 3.05) is 0 Å². The Morgan fingerprint density at radius 2 is 1.80 bits per heavy atom. The van der Waals surface area contributed by atoms with Crippen LogP contribution in [0.5, 0.6) is 0 Å². The summed E-state index contributed by atoms with van der Waals surface area (Å²) >= 11 is 0. The van der Waals surface area contributed by atoms with Crippen molar-refractivity contribution in [2.24, 2.45) is 15.4 Å². The van der Waals surface area contributed by atoms with Gasteiger partial charge in [-0.15, -0.1) is 0 Å². The Kier molecular flexibility index (Phi) is 3.23. The number of hydrogen-bond donors (Lipinski definition) is 0. The zero-order valence-electron chi connectivity index (χ0n) is 9.41. The third kappa shape index (κ3) is 3.12. The lowest BCUT2D eigenvalue weighted by molar-refractivity contribution is 0.147. The fourth-order valence-corrected chi connectivity index (χ4v) is 2.75. The maximum absolute atomic E-state index is 10.4. The number of isocyanates is 2. The van der Waals surface area contributed by atoms with Gasteiger partial charge >= 0.3 is 0 Å². The van der Waals surface area contributed by atoms with Gasteiger partial charge < -0.3 is 0 Å². The topological polar surface area (TPSA) is 58.9 Å². The molecule has 0 bridgehead atoms. The molecular weight excluding hydrogens is 192 g/mol. The van der Waals surface area contributed by atoms with E-state index in [1.54, 1.807) is 12.2 Å². The predicted octanol–water partition coefficient (Wildman–Crippen LogP) is 2.00. The van der Waals surface area contributed by atoms with Crippen LogP contribution in [0.2, 0.25) is 0 Å². The van der Waals surface area contributed by atoms with Crippen LogP contribution in [0.15, 0.2) is 9.98 Å². The largest absolute Gasteiger partial charge is 0.235 e. The molecule has 0 spiro atoms. The lowest BCUT2D eigenvalue weighted by Crippen LogP contribution is -2.40. The van der Waals surface area contributed by atoms with Gasteiger partial charge in [-0.2, -0.15) is 4.99 Å². The fraction of sp³-hybridized carbons (Fsp3) is 0.818. The Labute approximate surface area is 89.5 Å². The highest BCUT2D eigenvalue weighted by Crippen LogP contribution is 2.43. The standard InChI is InChI=1S/C11H16N2O2/c1-10(2)4-9(12-7-14)5-11(3,6-10)13-8-15/h9H,4-6H2,1-3H3/t9-,11-/m0/s1. The van der Waals surface area contributed by atoms with Crippen LogP contribution in [0.3, 0.4) is 0 Å². The first-order valence-electron chi connectivity index (χ1n) is 5.07. The van der Waals surface area contributed by atoms with Gasteiger partial charge in [0.1, 0.15) is 0 Å². The van der Waals surface area contributed by atoms with Gasteiger partial charge in [0.2, 0.25) is 12.2 Å². The van der Waals surface area contributed by atoms with Crippen LogP contribution in [-0.4, -0.2) is 23.7 Å². The normalized spacial score (nSPS) is 33.7. The number of nitrogens with zero attached hydrogens (tertiary/aromatic N) is 2. The van der Waals surface area contributed by atoms with Crippen LogP contribution in [0.1, 0.15) is 40.0 Å². The first kappa shape index (κ1) is 11.8. The van der Waals surface area contributed by atoms with E-state index in [2.05, 4.69) is 23.8 Å². The van der Waals surface area contributed by atoms with Gasteiger partial charge in [-0.1, -0.05) is 13.8 Å². The van der Waals surface area contributed by atoms with Crippen LogP contribution in [0.4, 0.5) is 0 Å². The Balaban J connectivity index is 2.94. The summed E-state index contributed by atoms with van der Waals surface area (Å²) in [7, 11) is 0. The minimum absolute atomic E-state index is 0.0400. The molecule has 2 atom stereocenters. The molecule has 0 amide bonds. The van der Waals surface area contributed by atoms with Gasteiger partial charge in [0.15, 0.2) is 0 Å². The average molecular weight is 208 g/mol. The van der Waals surface area contributed by atoms with E-state index in [1.165, 1.54) is 0 Å². The van der Waals surface area contributed by atoms with Crippen molar-refractivity contribution in [2.45, 2.75) is 51.6 Å². The molecule has 1 aliphatic carbocycles. The molecule has 1 aliphatic rings. The second kappa shape index (κ2) is 4.09. The summed E-state index contributed by atoms with van der Waals surface area (Å²) in [5.41, 5.74) is -0.396. The maximum atomic E-state index is 10.4. The third-order valence-electron chi connectivity index (χ3n) is 2.87. The van der Waals surface area contributed by atoms with Gasteiger partial charge in [0.05, 0.1) is 11.6 Å². The van der Waals surface area contributed by atoms with Crippen LogP contribution in [0.25, 0.3) is 0 Å². The van der Waals surface area contributed by atoms with E-state index in [-0.39, 0.29) is 11.5 Å². The van der Waals surface area contributed by atoms with E-state index in [0.29, 0.717) is 6.42 Å². The zero-order chi connectivity index (χ0) is 11.5. The summed E-state index contributed by atoms with van der Waals surface area (Å²) in [6, 6.07) is -0.0756. The molecule has 4 nitrogen and oxygen atoms in total. The van der Waals surface area contributed by atoms with E-state index in [0.717, 1.165) is 12.8 Å². The summed E-state index contributed by atoms with van der Waals surface area (Å²) in [5, 5.41) is 0. The zero-order valence-corrected chi connectivity index (χ0v) is 9.41. The van der Waals surface area contributed by atoms with Crippen molar-refractivity contribution in [3.63, 3.8) is 0 Å². The van der Waals surface area contributed by atoms with Crippen molar-refractivity contribution >= 4 is 12.2 Å². The highest BCUT2D eigenvalue weighted by Gasteiger charge is 2.41. The Bertz CT molecular complexity index is 338. The van der Waals surface area contributed by atoms with Gasteiger partial charge in [0, 0.05) is 0 Å². The Hall–Kier alpha value is -1.24. The number of carbonyl (C=O) groups excluding carboxylic acids is 2. The quantitative estimate of drug-likeness (QED) is 0.514. The van der Waals surface area contributed by atoms with E-state index >= 15 is 0 Å². The summed E-state index contributed by atoms with van der Waals surface area (Å²) < 4.78 is 0. The molecule has 82 valence electrons. The van der Waals surface area contributed by atoms with Crippen molar-refractivity contribution in [3.8, 4) is 0 Å². The highest BCUT2D eigenvalue weighted by molar-refractivity contribution is 5.36. The predicted molar refractivity (Wildman–Crippen MR) is 56.1 cm³/mol. The number of hydrogen-bond acceptors (Lipinski definition) is 4. The number of rotatable bonds is 2.